The molecule has 0 aromatic rings. The van der Waals surface area contributed by atoms with Gasteiger partial charge in [0.15, 0.2) is 0 Å². The molecule has 2 aliphatic rings. The van der Waals surface area contributed by atoms with Crippen molar-refractivity contribution >= 4 is 0 Å². The summed E-state index contributed by atoms with van der Waals surface area (Å²) in [7, 11) is 2.19. The third-order valence-electron chi connectivity index (χ3n) is 2.37. The summed E-state index contributed by atoms with van der Waals surface area (Å²) < 4.78 is 5.22. The van der Waals surface area contributed by atoms with Crippen LogP contribution in [0.5, 0.6) is 0 Å². The van der Waals surface area contributed by atoms with E-state index in [0.717, 1.165) is 12.6 Å². The Hall–Kier alpha value is -0.0800. The molecule has 0 aromatic heterocycles. The molecule has 2 heteroatoms. The van der Waals surface area contributed by atoms with Crippen LogP contribution in [0.2, 0.25) is 0 Å². The van der Waals surface area contributed by atoms with Gasteiger partial charge in [-0.05, 0) is 26.4 Å². The first-order valence-corrected chi connectivity index (χ1v) is 3.70. The fourth-order valence-corrected chi connectivity index (χ4v) is 1.68. The van der Waals surface area contributed by atoms with Crippen LogP contribution in [0.25, 0.3) is 0 Å². The fourth-order valence-electron chi connectivity index (χ4n) is 1.68. The Labute approximate surface area is 55.8 Å². The van der Waals surface area contributed by atoms with Crippen LogP contribution < -0.4 is 0 Å². The van der Waals surface area contributed by atoms with E-state index in [2.05, 4.69) is 11.9 Å². The molecule has 2 aliphatic heterocycles. The lowest BCUT2D eigenvalue weighted by Crippen LogP contribution is -2.29. The van der Waals surface area contributed by atoms with Gasteiger partial charge in [0.05, 0.1) is 12.7 Å². The number of likely N-dealkylation sites (N-methyl/N-ethyl adjacent to an activating group) is 1. The second kappa shape index (κ2) is 1.96. The van der Waals surface area contributed by atoms with Crippen LogP contribution in [0.15, 0.2) is 0 Å². The highest BCUT2D eigenvalue weighted by molar-refractivity contribution is 4.89. The van der Waals surface area contributed by atoms with Crippen molar-refractivity contribution in [2.45, 2.75) is 25.0 Å². The molecule has 9 heavy (non-hydrogen) atoms. The van der Waals surface area contributed by atoms with Gasteiger partial charge in [-0.15, -0.1) is 0 Å². The van der Waals surface area contributed by atoms with Crippen molar-refractivity contribution < 1.29 is 4.74 Å². The highest BCUT2D eigenvalue weighted by Crippen LogP contribution is 2.26. The molecule has 0 N–H and O–H groups in total. The van der Waals surface area contributed by atoms with Gasteiger partial charge in [0, 0.05) is 6.04 Å². The predicted octanol–water partition coefficient (Wildman–Crippen LogP) is 0.479. The predicted molar refractivity (Wildman–Crippen MR) is 35.4 cm³/mol. The number of rotatable bonds is 1. The molecule has 2 heterocycles. The first kappa shape index (κ1) is 5.69. The third-order valence-corrected chi connectivity index (χ3v) is 2.37. The fraction of sp³-hybridized carbons (Fsp3) is 1.00. The van der Waals surface area contributed by atoms with E-state index in [4.69, 9.17) is 4.74 Å². The van der Waals surface area contributed by atoms with Gasteiger partial charge >= 0.3 is 0 Å². The van der Waals surface area contributed by atoms with Crippen molar-refractivity contribution in [3.8, 4) is 0 Å². The molecule has 0 amide bonds. The monoisotopic (exact) mass is 127 g/mol. The Kier molecular flexibility index (Phi) is 1.24. The number of epoxide rings is 1. The summed E-state index contributed by atoms with van der Waals surface area (Å²) in [5, 5.41) is 0. The summed E-state index contributed by atoms with van der Waals surface area (Å²) >= 11 is 0. The average molecular weight is 127 g/mol. The van der Waals surface area contributed by atoms with Crippen LogP contribution >= 0.6 is 0 Å². The van der Waals surface area contributed by atoms with Crippen LogP contribution in [0.3, 0.4) is 0 Å². The molecule has 2 fully saturated rings. The summed E-state index contributed by atoms with van der Waals surface area (Å²) in [6.45, 7) is 2.28. The van der Waals surface area contributed by atoms with Crippen molar-refractivity contribution in [3.05, 3.63) is 0 Å². The molecule has 0 spiro atoms. The minimum atomic E-state index is 0.595. The highest BCUT2D eigenvalue weighted by Gasteiger charge is 2.37. The van der Waals surface area contributed by atoms with Gasteiger partial charge in [-0.25, -0.2) is 0 Å². The first-order valence-electron chi connectivity index (χ1n) is 3.70. The molecule has 52 valence electrons. The molecule has 2 atom stereocenters. The van der Waals surface area contributed by atoms with E-state index < -0.39 is 0 Å². The molecule has 2 rings (SSSR count). The van der Waals surface area contributed by atoms with Crippen LogP contribution in [0.4, 0.5) is 0 Å². The smallest absolute Gasteiger partial charge is 0.0964 e. The molecule has 0 aliphatic carbocycles. The van der Waals surface area contributed by atoms with Gasteiger partial charge in [0.2, 0.25) is 0 Å². The molecule has 0 saturated carbocycles. The second-order valence-electron chi connectivity index (χ2n) is 3.06. The Bertz CT molecular complexity index is 111. The Balaban J connectivity index is 1.93. The lowest BCUT2D eigenvalue weighted by atomic mass is 10.2. The standard InChI is InChI=1S/C7H13NO/c1-8-4-2-3-6(8)7-5-9-7/h6-7H,2-5H2,1H3/t6-,7+/m0/s1. The second-order valence-corrected chi connectivity index (χ2v) is 3.06. The molecular formula is C7H13NO. The maximum Gasteiger partial charge on any atom is 0.0964 e. The number of ether oxygens (including phenoxy) is 1. The third kappa shape index (κ3) is 0.970. The van der Waals surface area contributed by atoms with Gasteiger partial charge in [-0.1, -0.05) is 0 Å². The lowest BCUT2D eigenvalue weighted by molar-refractivity contribution is 0.245. The van der Waals surface area contributed by atoms with Crippen molar-refractivity contribution in [1.29, 1.82) is 0 Å². The van der Waals surface area contributed by atoms with E-state index in [0.29, 0.717) is 6.10 Å². The summed E-state index contributed by atoms with van der Waals surface area (Å²) in [5.74, 6) is 0. The van der Waals surface area contributed by atoms with Crippen LogP contribution in [0, 0.1) is 0 Å². The van der Waals surface area contributed by atoms with Crippen LogP contribution in [0.1, 0.15) is 12.8 Å². The zero-order chi connectivity index (χ0) is 6.27. The van der Waals surface area contributed by atoms with E-state index in [9.17, 15) is 0 Å². The number of nitrogens with zero attached hydrogens (tertiary/aromatic N) is 1. The molecule has 2 nitrogen and oxygen atoms in total. The maximum absolute atomic E-state index is 5.22. The Morgan fingerprint density at radius 3 is 2.78 bits per heavy atom. The van der Waals surface area contributed by atoms with Gasteiger partial charge < -0.3 is 9.64 Å². The average Bonchev–Trinajstić information content (AvgIpc) is 2.58. The van der Waals surface area contributed by atoms with Gasteiger partial charge in [-0.2, -0.15) is 0 Å². The van der Waals surface area contributed by atoms with E-state index in [-0.39, 0.29) is 0 Å². The topological polar surface area (TPSA) is 15.8 Å². The van der Waals surface area contributed by atoms with Crippen molar-refractivity contribution in [2.75, 3.05) is 20.2 Å². The number of likely N-dealkylation sites (tertiary alicyclic amines) is 1. The van der Waals surface area contributed by atoms with Crippen molar-refractivity contribution in [3.63, 3.8) is 0 Å². The Morgan fingerprint density at radius 1 is 1.56 bits per heavy atom. The molecular weight excluding hydrogens is 114 g/mol. The van der Waals surface area contributed by atoms with Crippen molar-refractivity contribution in [2.24, 2.45) is 0 Å². The zero-order valence-electron chi connectivity index (χ0n) is 5.84. The highest BCUT2D eigenvalue weighted by atomic mass is 16.6. The normalized spacial score (nSPS) is 43.7. The van der Waals surface area contributed by atoms with Crippen LogP contribution in [-0.2, 0) is 4.74 Å². The number of hydrogen-bond acceptors (Lipinski definition) is 2. The number of hydrogen-bond donors (Lipinski definition) is 0. The minimum absolute atomic E-state index is 0.595. The van der Waals surface area contributed by atoms with E-state index in [1.807, 2.05) is 0 Å². The summed E-state index contributed by atoms with van der Waals surface area (Å²) in [4.78, 5) is 2.41. The zero-order valence-corrected chi connectivity index (χ0v) is 5.84. The van der Waals surface area contributed by atoms with Gasteiger partial charge in [0.1, 0.15) is 0 Å². The van der Waals surface area contributed by atoms with Crippen molar-refractivity contribution in [1.82, 2.24) is 4.90 Å². The lowest BCUT2D eigenvalue weighted by Gasteiger charge is -2.15. The molecule has 2 saturated heterocycles. The molecule has 0 aromatic carbocycles. The molecule has 0 unspecified atom stereocenters. The summed E-state index contributed by atoms with van der Waals surface area (Å²) in [6, 6.07) is 0.755. The molecule has 0 bridgehead atoms. The maximum atomic E-state index is 5.22. The van der Waals surface area contributed by atoms with Gasteiger partial charge in [-0.3, -0.25) is 0 Å². The van der Waals surface area contributed by atoms with E-state index in [1.54, 1.807) is 0 Å². The van der Waals surface area contributed by atoms with E-state index >= 15 is 0 Å². The van der Waals surface area contributed by atoms with E-state index in [1.165, 1.54) is 19.4 Å². The first-order chi connectivity index (χ1) is 4.38. The SMILES string of the molecule is CN1CCC[C@H]1[C@H]1CO1. The van der Waals surface area contributed by atoms with Gasteiger partial charge in [0.25, 0.3) is 0 Å². The van der Waals surface area contributed by atoms with Crippen LogP contribution in [-0.4, -0.2) is 37.2 Å². The molecule has 0 radical (unpaired) electrons. The minimum Gasteiger partial charge on any atom is -0.371 e. The summed E-state index contributed by atoms with van der Waals surface area (Å²) in [5.41, 5.74) is 0. The summed E-state index contributed by atoms with van der Waals surface area (Å²) in [6.07, 6.45) is 3.31. The quantitative estimate of drug-likeness (QED) is 0.476. The Morgan fingerprint density at radius 2 is 2.33 bits per heavy atom. The largest absolute Gasteiger partial charge is 0.371 e.